The molecule has 1 aromatic heterocycles. The van der Waals surface area contributed by atoms with E-state index in [4.69, 9.17) is 21.9 Å². The highest BCUT2D eigenvalue weighted by Crippen LogP contribution is 2.39. The summed E-state index contributed by atoms with van der Waals surface area (Å²) in [5, 5.41) is 4.87. The largest absolute Gasteiger partial charge is 0.338 e. The Morgan fingerprint density at radius 3 is 2.68 bits per heavy atom. The van der Waals surface area contributed by atoms with Crippen molar-refractivity contribution in [1.82, 2.24) is 10.1 Å². The summed E-state index contributed by atoms with van der Waals surface area (Å²) < 4.78 is 5.41. The summed E-state index contributed by atoms with van der Waals surface area (Å²) in [7, 11) is 0. The molecule has 1 aliphatic rings. The van der Waals surface area contributed by atoms with E-state index in [9.17, 15) is 0 Å². The van der Waals surface area contributed by atoms with E-state index in [2.05, 4.69) is 10.1 Å². The van der Waals surface area contributed by atoms with E-state index in [1.165, 1.54) is 0 Å². The predicted octanol–water partition coefficient (Wildman–Crippen LogP) is 4.73. The Kier molecular flexibility index (Phi) is 5.77. The van der Waals surface area contributed by atoms with Crippen molar-refractivity contribution in [1.29, 1.82) is 0 Å². The molecule has 1 unspecified atom stereocenters. The molecule has 22 heavy (non-hydrogen) atoms. The maximum absolute atomic E-state index is 6.36. The summed E-state index contributed by atoms with van der Waals surface area (Å²) in [5.41, 5.74) is 5.95. The van der Waals surface area contributed by atoms with E-state index in [1.807, 2.05) is 31.2 Å². The Balaban J connectivity index is 0.00000176. The van der Waals surface area contributed by atoms with Crippen LogP contribution < -0.4 is 5.73 Å². The summed E-state index contributed by atoms with van der Waals surface area (Å²) in [6, 6.07) is 7.75. The van der Waals surface area contributed by atoms with Crippen LogP contribution in [0.1, 0.15) is 49.6 Å². The van der Waals surface area contributed by atoms with Crippen molar-refractivity contribution in [3.05, 3.63) is 41.0 Å². The van der Waals surface area contributed by atoms with Crippen LogP contribution in [-0.2, 0) is 5.54 Å². The molecule has 1 aromatic carbocycles. The quantitative estimate of drug-likeness (QED) is 0.799. The zero-order valence-corrected chi connectivity index (χ0v) is 14.7. The maximum atomic E-state index is 6.36. The van der Waals surface area contributed by atoms with Gasteiger partial charge in [0.15, 0.2) is 5.82 Å². The summed E-state index contributed by atoms with van der Waals surface area (Å²) >= 11 is 7.79. The molecule has 0 spiro atoms. The molecule has 1 heterocycles. The minimum atomic E-state index is -0.406. The predicted molar refractivity (Wildman–Crippen MR) is 91.6 cm³/mol. The fourth-order valence-electron chi connectivity index (χ4n) is 2.61. The summed E-state index contributed by atoms with van der Waals surface area (Å²) in [6.45, 7) is 2.03. The van der Waals surface area contributed by atoms with Gasteiger partial charge >= 0.3 is 0 Å². The highest BCUT2D eigenvalue weighted by atomic mass is 35.5. The Hall–Kier alpha value is -0.750. The molecule has 0 aliphatic heterocycles. The number of hydrogen-bond acceptors (Lipinski definition) is 5. The third-order valence-electron chi connectivity index (χ3n) is 3.87. The van der Waals surface area contributed by atoms with Gasteiger partial charge in [-0.05, 0) is 31.9 Å². The average molecular weight is 360 g/mol. The van der Waals surface area contributed by atoms with Gasteiger partial charge in [-0.25, -0.2) is 0 Å². The third kappa shape index (κ3) is 3.59. The summed E-state index contributed by atoms with van der Waals surface area (Å²) in [5.74, 6) is 1.24. The number of rotatable bonds is 4. The minimum absolute atomic E-state index is 0. The fraction of sp³-hybridized carbons (Fsp3) is 0.467. The fourth-order valence-corrected chi connectivity index (χ4v) is 3.80. The molecular weight excluding hydrogens is 341 g/mol. The van der Waals surface area contributed by atoms with Crippen LogP contribution >= 0.6 is 35.8 Å². The van der Waals surface area contributed by atoms with Crippen molar-refractivity contribution in [3.8, 4) is 0 Å². The van der Waals surface area contributed by atoms with Crippen molar-refractivity contribution in [2.24, 2.45) is 5.73 Å². The normalized spacial score (nSPS) is 18.0. The molecule has 1 atom stereocenters. The number of aromatic nitrogens is 2. The van der Waals surface area contributed by atoms with Crippen LogP contribution in [0.15, 0.2) is 33.7 Å². The van der Waals surface area contributed by atoms with E-state index in [0.29, 0.717) is 11.7 Å². The van der Waals surface area contributed by atoms with Gasteiger partial charge in [0, 0.05) is 4.90 Å². The Morgan fingerprint density at radius 2 is 2.00 bits per heavy atom. The molecule has 0 amide bonds. The molecule has 0 radical (unpaired) electrons. The molecule has 120 valence electrons. The lowest BCUT2D eigenvalue weighted by Crippen LogP contribution is -2.34. The minimum Gasteiger partial charge on any atom is -0.338 e. The van der Waals surface area contributed by atoms with Crippen molar-refractivity contribution in [3.63, 3.8) is 0 Å². The molecule has 1 fully saturated rings. The lowest BCUT2D eigenvalue weighted by molar-refractivity contribution is 0.349. The molecule has 1 aliphatic carbocycles. The molecule has 3 rings (SSSR count). The van der Waals surface area contributed by atoms with Crippen LogP contribution in [-0.4, -0.2) is 10.1 Å². The second-order valence-corrected chi connectivity index (χ2v) is 7.30. The van der Waals surface area contributed by atoms with Gasteiger partial charge in [-0.1, -0.05) is 41.7 Å². The zero-order valence-electron chi connectivity index (χ0n) is 12.3. The molecule has 0 bridgehead atoms. The molecule has 2 N–H and O–H groups in total. The van der Waals surface area contributed by atoms with Crippen LogP contribution in [0, 0.1) is 0 Å². The van der Waals surface area contributed by atoms with Crippen molar-refractivity contribution >= 4 is 35.8 Å². The van der Waals surface area contributed by atoms with Crippen LogP contribution in [0.5, 0.6) is 0 Å². The van der Waals surface area contributed by atoms with Gasteiger partial charge in [0.25, 0.3) is 0 Å². The van der Waals surface area contributed by atoms with Gasteiger partial charge in [-0.3, -0.25) is 0 Å². The van der Waals surface area contributed by atoms with Gasteiger partial charge in [-0.2, -0.15) is 4.98 Å². The van der Waals surface area contributed by atoms with E-state index in [-0.39, 0.29) is 17.7 Å². The average Bonchev–Trinajstić information content (AvgIpc) is 3.11. The molecule has 7 heteroatoms. The first-order chi connectivity index (χ1) is 10.1. The molecular formula is C15H19Cl2N3OS. The lowest BCUT2D eigenvalue weighted by atomic mass is 9.99. The number of nitrogens with two attached hydrogens (primary N) is 1. The van der Waals surface area contributed by atoms with Gasteiger partial charge < -0.3 is 10.3 Å². The monoisotopic (exact) mass is 359 g/mol. The highest BCUT2D eigenvalue weighted by molar-refractivity contribution is 7.99. The van der Waals surface area contributed by atoms with Gasteiger partial charge in [0.1, 0.15) is 0 Å². The number of halogens is 2. The van der Waals surface area contributed by atoms with E-state index in [0.717, 1.165) is 35.6 Å². The molecule has 0 saturated heterocycles. The maximum Gasteiger partial charge on any atom is 0.239 e. The van der Waals surface area contributed by atoms with Gasteiger partial charge in [-0.15, -0.1) is 24.2 Å². The number of benzene rings is 1. The van der Waals surface area contributed by atoms with Crippen molar-refractivity contribution < 1.29 is 4.52 Å². The summed E-state index contributed by atoms with van der Waals surface area (Å²) in [4.78, 5) is 5.53. The zero-order chi connectivity index (χ0) is 14.9. The number of thioether (sulfide) groups is 1. The van der Waals surface area contributed by atoms with Crippen LogP contribution in [0.4, 0.5) is 0 Å². The van der Waals surface area contributed by atoms with E-state index in [1.54, 1.807) is 11.8 Å². The first kappa shape index (κ1) is 17.6. The van der Waals surface area contributed by atoms with Gasteiger partial charge in [0.2, 0.25) is 5.89 Å². The molecule has 4 nitrogen and oxygen atoms in total. The number of nitrogens with zero attached hydrogens (tertiary/aromatic N) is 2. The second kappa shape index (κ2) is 7.21. The topological polar surface area (TPSA) is 64.9 Å². The SMILES string of the molecule is CC(Sc1ccccc1Cl)c1nc(C2(N)CCCC2)no1.Cl. The van der Waals surface area contributed by atoms with Crippen LogP contribution in [0.25, 0.3) is 0 Å². The molecule has 2 aromatic rings. The van der Waals surface area contributed by atoms with Crippen LogP contribution in [0.3, 0.4) is 0 Å². The Morgan fingerprint density at radius 1 is 1.32 bits per heavy atom. The Labute approximate surface area is 145 Å². The van der Waals surface area contributed by atoms with Crippen LogP contribution in [0.2, 0.25) is 5.02 Å². The van der Waals surface area contributed by atoms with E-state index >= 15 is 0 Å². The highest BCUT2D eigenvalue weighted by Gasteiger charge is 2.36. The van der Waals surface area contributed by atoms with Crippen molar-refractivity contribution in [2.45, 2.75) is 48.3 Å². The van der Waals surface area contributed by atoms with Gasteiger partial charge in [0.05, 0.1) is 15.8 Å². The van der Waals surface area contributed by atoms with Crippen molar-refractivity contribution in [2.75, 3.05) is 0 Å². The summed E-state index contributed by atoms with van der Waals surface area (Å²) in [6.07, 6.45) is 4.12. The lowest BCUT2D eigenvalue weighted by Gasteiger charge is -2.17. The first-order valence-corrected chi connectivity index (χ1v) is 8.38. The smallest absolute Gasteiger partial charge is 0.239 e. The first-order valence-electron chi connectivity index (χ1n) is 7.13. The molecule has 1 saturated carbocycles. The standard InChI is InChI=1S/C15H18ClN3OS.ClH/c1-10(21-12-7-3-2-6-11(12)16)13-18-14(19-20-13)15(17)8-4-5-9-15;/h2-3,6-7,10H,4-5,8-9,17H2,1H3;1H. The number of hydrogen-bond donors (Lipinski definition) is 1. The van der Waals surface area contributed by atoms with E-state index < -0.39 is 5.54 Å². The Bertz CT molecular complexity index is 629. The third-order valence-corrected chi connectivity index (χ3v) is 5.48. The second-order valence-electron chi connectivity index (χ2n) is 5.51.